The fourth-order valence-corrected chi connectivity index (χ4v) is 2.30. The highest BCUT2D eigenvalue weighted by molar-refractivity contribution is 6.30. The minimum Gasteiger partial charge on any atom is -0.384 e. The van der Waals surface area contributed by atoms with Crippen LogP contribution in [0.25, 0.3) is 6.08 Å². The molecule has 0 aliphatic heterocycles. The quantitative estimate of drug-likeness (QED) is 0.806. The van der Waals surface area contributed by atoms with Gasteiger partial charge in [0.1, 0.15) is 11.4 Å². The first-order chi connectivity index (χ1) is 11.3. The van der Waals surface area contributed by atoms with Crippen molar-refractivity contribution in [3.63, 3.8) is 0 Å². The lowest BCUT2D eigenvalue weighted by molar-refractivity contribution is -0.118. The second kappa shape index (κ2) is 7.60. The van der Waals surface area contributed by atoms with Crippen molar-refractivity contribution in [2.45, 2.75) is 19.4 Å². The molecule has 2 rings (SSSR count). The van der Waals surface area contributed by atoms with Gasteiger partial charge in [-0.05, 0) is 55.3 Å². The molecule has 0 aromatic heterocycles. The van der Waals surface area contributed by atoms with Gasteiger partial charge in [0.25, 0.3) is 0 Å². The zero-order chi connectivity index (χ0) is 17.7. The molecule has 0 aliphatic carbocycles. The number of hydrogen-bond acceptors (Lipinski definition) is 2. The highest BCUT2D eigenvalue weighted by atomic mass is 35.5. The van der Waals surface area contributed by atoms with E-state index < -0.39 is 5.60 Å². The third-order valence-corrected chi connectivity index (χ3v) is 3.92. The van der Waals surface area contributed by atoms with Crippen molar-refractivity contribution < 1.29 is 14.3 Å². The molecule has 0 spiro atoms. The van der Waals surface area contributed by atoms with Crippen LogP contribution in [0.1, 0.15) is 25.0 Å². The van der Waals surface area contributed by atoms with Gasteiger partial charge in [-0.15, -0.1) is 0 Å². The highest BCUT2D eigenvalue weighted by Gasteiger charge is 2.24. The Hall–Kier alpha value is -2.17. The number of rotatable bonds is 5. The van der Waals surface area contributed by atoms with E-state index in [1.165, 1.54) is 24.3 Å². The number of halogens is 2. The maximum Gasteiger partial charge on any atom is 0.247 e. The van der Waals surface area contributed by atoms with Gasteiger partial charge in [-0.1, -0.05) is 35.9 Å². The van der Waals surface area contributed by atoms with E-state index in [1.807, 2.05) is 12.1 Å². The summed E-state index contributed by atoms with van der Waals surface area (Å²) in [5.74, 6) is -0.660. The first-order valence-electron chi connectivity index (χ1n) is 7.48. The van der Waals surface area contributed by atoms with Crippen molar-refractivity contribution in [1.29, 1.82) is 0 Å². The summed E-state index contributed by atoms with van der Waals surface area (Å²) in [5.41, 5.74) is 0.609. The average molecular weight is 348 g/mol. The molecule has 0 saturated heterocycles. The molecule has 0 fully saturated rings. The Bertz CT molecular complexity index is 737. The van der Waals surface area contributed by atoms with Gasteiger partial charge in [0.2, 0.25) is 5.91 Å². The maximum absolute atomic E-state index is 13.0. The molecule has 0 bridgehead atoms. The number of aliphatic hydroxyl groups is 1. The molecule has 0 heterocycles. The SMILES string of the molecule is C/C(=C\c1ccc(Cl)cc1)C(=O)NCC(C)(O)c1ccc(F)cc1. The normalized spacial score (nSPS) is 14.1. The minimum absolute atomic E-state index is 0.0171. The van der Waals surface area contributed by atoms with Crippen LogP contribution in [0.3, 0.4) is 0 Å². The van der Waals surface area contributed by atoms with E-state index in [0.29, 0.717) is 16.2 Å². The Balaban J connectivity index is 2.01. The summed E-state index contributed by atoms with van der Waals surface area (Å²) in [5, 5.41) is 13.8. The van der Waals surface area contributed by atoms with Crippen LogP contribution >= 0.6 is 11.6 Å². The van der Waals surface area contributed by atoms with E-state index in [0.717, 1.165) is 5.56 Å². The number of amides is 1. The van der Waals surface area contributed by atoms with E-state index in [2.05, 4.69) is 5.32 Å². The summed E-state index contributed by atoms with van der Waals surface area (Å²) < 4.78 is 13.0. The van der Waals surface area contributed by atoms with E-state index in [-0.39, 0.29) is 18.3 Å². The summed E-state index contributed by atoms with van der Waals surface area (Å²) in [7, 11) is 0. The van der Waals surface area contributed by atoms with Crippen LogP contribution < -0.4 is 5.32 Å². The second-order valence-corrected chi connectivity index (χ2v) is 6.28. The van der Waals surface area contributed by atoms with Crippen LogP contribution in [-0.4, -0.2) is 17.6 Å². The molecule has 126 valence electrons. The van der Waals surface area contributed by atoms with Gasteiger partial charge >= 0.3 is 0 Å². The smallest absolute Gasteiger partial charge is 0.247 e. The topological polar surface area (TPSA) is 49.3 Å². The molecule has 0 saturated carbocycles. The third-order valence-electron chi connectivity index (χ3n) is 3.67. The van der Waals surface area contributed by atoms with Gasteiger partial charge in [-0.2, -0.15) is 0 Å². The van der Waals surface area contributed by atoms with Crippen molar-refractivity contribution in [2.24, 2.45) is 0 Å². The monoisotopic (exact) mass is 347 g/mol. The van der Waals surface area contributed by atoms with Gasteiger partial charge in [0.05, 0.1) is 6.54 Å². The minimum atomic E-state index is -1.29. The van der Waals surface area contributed by atoms with Crippen molar-refractivity contribution in [3.05, 3.63) is 76.1 Å². The van der Waals surface area contributed by atoms with E-state index in [4.69, 9.17) is 11.6 Å². The molecule has 2 aromatic rings. The molecule has 1 amide bonds. The number of benzene rings is 2. The number of hydrogen-bond donors (Lipinski definition) is 2. The van der Waals surface area contributed by atoms with Gasteiger partial charge in [-0.3, -0.25) is 4.79 Å². The Kier molecular flexibility index (Phi) is 5.75. The molecule has 0 radical (unpaired) electrons. The molecule has 24 heavy (non-hydrogen) atoms. The largest absolute Gasteiger partial charge is 0.384 e. The molecule has 5 heteroatoms. The first-order valence-corrected chi connectivity index (χ1v) is 7.86. The van der Waals surface area contributed by atoms with Crippen LogP contribution in [0.15, 0.2) is 54.1 Å². The fraction of sp³-hybridized carbons (Fsp3) is 0.211. The number of carbonyl (C=O) groups excluding carboxylic acids is 1. The van der Waals surface area contributed by atoms with Crippen molar-refractivity contribution in [2.75, 3.05) is 6.54 Å². The van der Waals surface area contributed by atoms with Gasteiger partial charge in [-0.25, -0.2) is 4.39 Å². The lowest BCUT2D eigenvalue weighted by Crippen LogP contribution is -2.38. The Morgan fingerprint density at radius 1 is 1.21 bits per heavy atom. The predicted molar refractivity (Wildman–Crippen MR) is 94.1 cm³/mol. The third kappa shape index (κ3) is 4.91. The Morgan fingerprint density at radius 3 is 2.38 bits per heavy atom. The van der Waals surface area contributed by atoms with Crippen molar-refractivity contribution in [1.82, 2.24) is 5.32 Å². The summed E-state index contributed by atoms with van der Waals surface area (Å²) >= 11 is 5.83. The highest BCUT2D eigenvalue weighted by Crippen LogP contribution is 2.20. The average Bonchev–Trinajstić information content (AvgIpc) is 2.55. The lowest BCUT2D eigenvalue weighted by Gasteiger charge is -2.24. The van der Waals surface area contributed by atoms with Crippen molar-refractivity contribution >= 4 is 23.6 Å². The maximum atomic E-state index is 13.0. The molecule has 1 atom stereocenters. The predicted octanol–water partition coefficient (Wildman–Crippen LogP) is 3.91. The van der Waals surface area contributed by atoms with Crippen LogP contribution in [0.4, 0.5) is 4.39 Å². The summed E-state index contributed by atoms with van der Waals surface area (Å²) in [6.07, 6.45) is 1.73. The van der Waals surface area contributed by atoms with E-state index >= 15 is 0 Å². The zero-order valence-electron chi connectivity index (χ0n) is 13.5. The van der Waals surface area contributed by atoms with E-state index in [1.54, 1.807) is 32.1 Å². The summed E-state index contributed by atoms with van der Waals surface area (Å²) in [6, 6.07) is 12.7. The standard InChI is InChI=1S/C19H19ClFNO2/c1-13(11-14-3-7-16(20)8-4-14)18(23)22-12-19(2,24)15-5-9-17(21)10-6-15/h3-11,24H,12H2,1-2H3,(H,22,23)/b13-11+. The van der Waals surface area contributed by atoms with Crippen molar-refractivity contribution in [3.8, 4) is 0 Å². The van der Waals surface area contributed by atoms with Crippen LogP contribution in [0.5, 0.6) is 0 Å². The molecule has 3 nitrogen and oxygen atoms in total. The lowest BCUT2D eigenvalue weighted by atomic mass is 9.96. The summed E-state index contributed by atoms with van der Waals surface area (Å²) in [6.45, 7) is 3.28. The molecule has 2 N–H and O–H groups in total. The zero-order valence-corrected chi connectivity index (χ0v) is 14.3. The second-order valence-electron chi connectivity index (χ2n) is 5.84. The van der Waals surface area contributed by atoms with Crippen LogP contribution in [0.2, 0.25) is 5.02 Å². The van der Waals surface area contributed by atoms with Gasteiger partial charge in [0, 0.05) is 10.6 Å². The van der Waals surface area contributed by atoms with Crippen LogP contribution in [0, 0.1) is 5.82 Å². The van der Waals surface area contributed by atoms with E-state index in [9.17, 15) is 14.3 Å². The van der Waals surface area contributed by atoms with Crippen LogP contribution in [-0.2, 0) is 10.4 Å². The number of nitrogens with one attached hydrogen (secondary N) is 1. The molecular weight excluding hydrogens is 329 g/mol. The molecule has 1 unspecified atom stereocenters. The fourth-order valence-electron chi connectivity index (χ4n) is 2.18. The molecule has 0 aliphatic rings. The molecule has 2 aromatic carbocycles. The van der Waals surface area contributed by atoms with Gasteiger partial charge < -0.3 is 10.4 Å². The number of carbonyl (C=O) groups is 1. The Morgan fingerprint density at radius 2 is 1.79 bits per heavy atom. The summed E-state index contributed by atoms with van der Waals surface area (Å²) in [4.78, 5) is 12.2. The molecular formula is C19H19ClFNO2. The first kappa shape index (κ1) is 18.2. The Labute approximate surface area is 145 Å². The van der Waals surface area contributed by atoms with Gasteiger partial charge in [0.15, 0.2) is 0 Å².